The Hall–Kier alpha value is -1.46. The maximum atomic E-state index is 12.7. The fourth-order valence-corrected chi connectivity index (χ4v) is 2.29. The molecule has 1 unspecified atom stereocenters. The summed E-state index contributed by atoms with van der Waals surface area (Å²) in [4.78, 5) is 13.9. The molecule has 0 bridgehead atoms. The van der Waals surface area contributed by atoms with E-state index in [-0.39, 0.29) is 17.8 Å². The van der Waals surface area contributed by atoms with Gasteiger partial charge in [-0.2, -0.15) is 0 Å². The van der Waals surface area contributed by atoms with Crippen LogP contribution in [0.5, 0.6) is 0 Å². The molecule has 1 atom stereocenters. The maximum absolute atomic E-state index is 12.7. The Bertz CT molecular complexity index is 436. The molecular weight excluding hydrogens is 259 g/mol. The van der Waals surface area contributed by atoms with Crippen LogP contribution in [0.4, 0.5) is 4.39 Å². The van der Waals surface area contributed by atoms with Gasteiger partial charge < -0.3 is 10.1 Å². The first-order valence-electron chi connectivity index (χ1n) is 6.98. The van der Waals surface area contributed by atoms with Crippen molar-refractivity contribution in [3.63, 3.8) is 0 Å². The van der Waals surface area contributed by atoms with Gasteiger partial charge in [0.1, 0.15) is 5.82 Å². The predicted octanol–water partition coefficient (Wildman–Crippen LogP) is 1.21. The van der Waals surface area contributed by atoms with E-state index in [9.17, 15) is 9.18 Å². The Labute approximate surface area is 118 Å². The summed E-state index contributed by atoms with van der Waals surface area (Å²) in [7, 11) is 0. The number of nitrogens with one attached hydrogen (secondary N) is 1. The summed E-state index contributed by atoms with van der Waals surface area (Å²) < 4.78 is 18.2. The molecule has 0 aliphatic carbocycles. The molecule has 1 aliphatic heterocycles. The Morgan fingerprint density at radius 3 is 2.90 bits per heavy atom. The molecule has 5 heteroatoms. The fraction of sp³-hybridized carbons (Fsp3) is 0.533. The molecule has 0 radical (unpaired) electrons. The van der Waals surface area contributed by atoms with Crippen LogP contribution < -0.4 is 5.32 Å². The average molecular weight is 280 g/mol. The molecule has 2 rings (SSSR count). The second-order valence-electron chi connectivity index (χ2n) is 5.14. The molecule has 1 fully saturated rings. The second-order valence-corrected chi connectivity index (χ2v) is 5.14. The van der Waals surface area contributed by atoms with Crippen molar-refractivity contribution >= 4 is 5.91 Å². The molecule has 1 saturated heterocycles. The SMILES string of the molecule is CC1CN(CC(=O)NCCc2ccc(F)cc2)CCO1. The molecule has 1 amide bonds. The van der Waals surface area contributed by atoms with E-state index in [1.54, 1.807) is 12.1 Å². The lowest BCUT2D eigenvalue weighted by Crippen LogP contribution is -2.46. The monoisotopic (exact) mass is 280 g/mol. The van der Waals surface area contributed by atoms with E-state index in [2.05, 4.69) is 10.2 Å². The zero-order valence-corrected chi connectivity index (χ0v) is 11.8. The molecule has 1 aliphatic rings. The molecule has 1 heterocycles. The number of benzene rings is 1. The molecule has 1 aromatic carbocycles. The first kappa shape index (κ1) is 14.9. The van der Waals surface area contributed by atoms with Gasteiger partial charge in [-0.15, -0.1) is 0 Å². The van der Waals surface area contributed by atoms with Crippen LogP contribution in [0.15, 0.2) is 24.3 Å². The number of ether oxygens (including phenoxy) is 1. The number of carbonyl (C=O) groups is 1. The fourth-order valence-electron chi connectivity index (χ4n) is 2.29. The molecule has 0 spiro atoms. The van der Waals surface area contributed by atoms with Gasteiger partial charge in [-0.25, -0.2) is 4.39 Å². The lowest BCUT2D eigenvalue weighted by atomic mass is 10.1. The van der Waals surface area contributed by atoms with Crippen molar-refractivity contribution in [2.45, 2.75) is 19.4 Å². The summed E-state index contributed by atoms with van der Waals surface area (Å²) in [5.41, 5.74) is 1.02. The van der Waals surface area contributed by atoms with Crippen LogP contribution in [-0.4, -0.2) is 49.7 Å². The highest BCUT2D eigenvalue weighted by Crippen LogP contribution is 2.04. The third kappa shape index (κ3) is 4.90. The van der Waals surface area contributed by atoms with Crippen molar-refractivity contribution in [1.29, 1.82) is 0 Å². The third-order valence-corrected chi connectivity index (χ3v) is 3.34. The van der Waals surface area contributed by atoms with Crippen LogP contribution in [-0.2, 0) is 16.0 Å². The second kappa shape index (κ2) is 7.36. The van der Waals surface area contributed by atoms with Gasteiger partial charge in [0.2, 0.25) is 5.91 Å². The van der Waals surface area contributed by atoms with Crippen LogP contribution in [0.25, 0.3) is 0 Å². The van der Waals surface area contributed by atoms with Gasteiger partial charge in [-0.05, 0) is 31.0 Å². The van der Waals surface area contributed by atoms with Gasteiger partial charge in [0.15, 0.2) is 0 Å². The number of hydrogen-bond acceptors (Lipinski definition) is 3. The van der Waals surface area contributed by atoms with Gasteiger partial charge in [0.25, 0.3) is 0 Å². The smallest absolute Gasteiger partial charge is 0.234 e. The summed E-state index contributed by atoms with van der Waals surface area (Å²) in [6.45, 7) is 5.28. The highest BCUT2D eigenvalue weighted by Gasteiger charge is 2.18. The van der Waals surface area contributed by atoms with Crippen LogP contribution in [0.3, 0.4) is 0 Å². The maximum Gasteiger partial charge on any atom is 0.234 e. The Morgan fingerprint density at radius 1 is 1.45 bits per heavy atom. The van der Waals surface area contributed by atoms with Crippen LogP contribution in [0.1, 0.15) is 12.5 Å². The third-order valence-electron chi connectivity index (χ3n) is 3.34. The first-order valence-corrected chi connectivity index (χ1v) is 6.98. The van der Waals surface area contributed by atoms with Crippen molar-refractivity contribution in [2.75, 3.05) is 32.8 Å². The Balaban J connectivity index is 1.66. The van der Waals surface area contributed by atoms with E-state index in [1.165, 1.54) is 12.1 Å². The molecular formula is C15H21FN2O2. The highest BCUT2D eigenvalue weighted by atomic mass is 19.1. The molecule has 20 heavy (non-hydrogen) atoms. The molecule has 4 nitrogen and oxygen atoms in total. The van der Waals surface area contributed by atoms with E-state index >= 15 is 0 Å². The number of carbonyl (C=O) groups excluding carboxylic acids is 1. The molecule has 110 valence electrons. The van der Waals surface area contributed by atoms with Gasteiger partial charge in [-0.1, -0.05) is 12.1 Å². The van der Waals surface area contributed by atoms with Crippen molar-refractivity contribution in [1.82, 2.24) is 10.2 Å². The average Bonchev–Trinajstić information content (AvgIpc) is 2.41. The summed E-state index contributed by atoms with van der Waals surface area (Å²) in [5, 5.41) is 2.89. The van der Waals surface area contributed by atoms with Crippen molar-refractivity contribution in [3.05, 3.63) is 35.6 Å². The molecule has 1 N–H and O–H groups in total. The van der Waals surface area contributed by atoms with Gasteiger partial charge in [-0.3, -0.25) is 9.69 Å². The normalized spacial score (nSPS) is 19.8. The number of nitrogens with zero attached hydrogens (tertiary/aromatic N) is 1. The number of halogens is 1. The van der Waals surface area contributed by atoms with Crippen LogP contribution in [0.2, 0.25) is 0 Å². The van der Waals surface area contributed by atoms with Gasteiger partial charge in [0, 0.05) is 19.6 Å². The van der Waals surface area contributed by atoms with Crippen molar-refractivity contribution < 1.29 is 13.9 Å². The van der Waals surface area contributed by atoms with Gasteiger partial charge >= 0.3 is 0 Å². The van der Waals surface area contributed by atoms with E-state index in [1.807, 2.05) is 6.92 Å². The van der Waals surface area contributed by atoms with E-state index in [0.29, 0.717) is 26.1 Å². The summed E-state index contributed by atoms with van der Waals surface area (Å²) in [5.74, 6) is -0.208. The van der Waals surface area contributed by atoms with Crippen LogP contribution >= 0.6 is 0 Å². The summed E-state index contributed by atoms with van der Waals surface area (Å²) in [6.07, 6.45) is 0.904. The lowest BCUT2D eigenvalue weighted by Gasteiger charge is -2.30. The first-order chi connectivity index (χ1) is 9.63. The Kier molecular flexibility index (Phi) is 5.49. The number of hydrogen-bond donors (Lipinski definition) is 1. The molecule has 1 aromatic rings. The van der Waals surface area contributed by atoms with Crippen LogP contribution in [0, 0.1) is 5.82 Å². The Morgan fingerprint density at radius 2 is 2.20 bits per heavy atom. The number of rotatable bonds is 5. The summed E-state index contributed by atoms with van der Waals surface area (Å²) in [6, 6.07) is 6.36. The van der Waals surface area contributed by atoms with Crippen molar-refractivity contribution in [2.24, 2.45) is 0 Å². The minimum atomic E-state index is -0.237. The molecule has 0 saturated carbocycles. The highest BCUT2D eigenvalue weighted by molar-refractivity contribution is 5.78. The van der Waals surface area contributed by atoms with E-state index < -0.39 is 0 Å². The quantitative estimate of drug-likeness (QED) is 0.881. The predicted molar refractivity (Wildman–Crippen MR) is 75.0 cm³/mol. The number of amides is 1. The minimum absolute atomic E-state index is 0.0289. The minimum Gasteiger partial charge on any atom is -0.376 e. The summed E-state index contributed by atoms with van der Waals surface area (Å²) >= 11 is 0. The molecule has 0 aromatic heterocycles. The largest absolute Gasteiger partial charge is 0.376 e. The lowest BCUT2D eigenvalue weighted by molar-refractivity contribution is -0.124. The number of morpholine rings is 1. The standard InChI is InChI=1S/C15H21FN2O2/c1-12-10-18(8-9-20-12)11-15(19)17-7-6-13-2-4-14(16)5-3-13/h2-5,12H,6-11H2,1H3,(H,17,19). The zero-order valence-electron chi connectivity index (χ0n) is 11.8. The van der Waals surface area contributed by atoms with E-state index in [4.69, 9.17) is 4.74 Å². The van der Waals surface area contributed by atoms with E-state index in [0.717, 1.165) is 18.7 Å². The van der Waals surface area contributed by atoms with Crippen molar-refractivity contribution in [3.8, 4) is 0 Å². The zero-order chi connectivity index (χ0) is 14.4. The topological polar surface area (TPSA) is 41.6 Å². The van der Waals surface area contributed by atoms with Gasteiger partial charge in [0.05, 0.1) is 19.3 Å².